The molecule has 37 heavy (non-hydrogen) atoms. The molecular formula is C28H22FN5O2S. The highest BCUT2D eigenvalue weighted by Crippen LogP contribution is 2.26. The first kappa shape index (κ1) is 24.2. The van der Waals surface area contributed by atoms with E-state index in [0.717, 1.165) is 11.1 Å². The summed E-state index contributed by atoms with van der Waals surface area (Å²) >= 11 is 1.38. The molecule has 9 heteroatoms. The van der Waals surface area contributed by atoms with Crippen LogP contribution in [-0.2, 0) is 7.05 Å². The van der Waals surface area contributed by atoms with Gasteiger partial charge in [0.15, 0.2) is 5.16 Å². The van der Waals surface area contributed by atoms with Crippen molar-refractivity contribution >= 4 is 40.2 Å². The molecule has 0 atom stereocenters. The molecule has 5 rings (SSSR count). The van der Waals surface area contributed by atoms with Gasteiger partial charge in [0.1, 0.15) is 11.5 Å². The first-order valence-electron chi connectivity index (χ1n) is 11.4. The fourth-order valence-corrected chi connectivity index (χ4v) is 4.35. The third-order valence-electron chi connectivity index (χ3n) is 5.86. The van der Waals surface area contributed by atoms with Crippen LogP contribution in [0, 0.1) is 5.82 Å². The molecule has 5 aromatic rings. The highest BCUT2D eigenvalue weighted by Gasteiger charge is 2.14. The molecule has 0 spiro atoms. The maximum atomic E-state index is 14.6. The molecule has 0 saturated heterocycles. The van der Waals surface area contributed by atoms with Crippen LogP contribution >= 0.6 is 11.8 Å². The van der Waals surface area contributed by atoms with E-state index >= 15 is 0 Å². The maximum Gasteiger partial charge on any atom is 0.323 e. The van der Waals surface area contributed by atoms with Crippen LogP contribution in [0.5, 0.6) is 0 Å². The third-order valence-corrected chi connectivity index (χ3v) is 6.42. The van der Waals surface area contributed by atoms with Crippen LogP contribution in [0.1, 0.15) is 0 Å². The van der Waals surface area contributed by atoms with Crippen LogP contribution in [0.25, 0.3) is 33.3 Å². The molecular weight excluding hydrogens is 489 g/mol. The van der Waals surface area contributed by atoms with Gasteiger partial charge in [0.05, 0.1) is 5.69 Å². The zero-order valence-corrected chi connectivity index (χ0v) is 20.8. The van der Waals surface area contributed by atoms with Crippen LogP contribution in [0.15, 0.2) is 95.0 Å². The summed E-state index contributed by atoms with van der Waals surface area (Å²) in [4.78, 5) is 34.5. The number of thioether (sulfide) groups is 1. The lowest BCUT2D eigenvalue weighted by Crippen LogP contribution is -2.21. The van der Waals surface area contributed by atoms with Crippen molar-refractivity contribution in [3.05, 3.63) is 101 Å². The molecule has 3 aromatic carbocycles. The Balaban J connectivity index is 1.41. The molecule has 2 heterocycles. The molecule has 0 aliphatic heterocycles. The predicted octanol–water partition coefficient (Wildman–Crippen LogP) is 6.17. The minimum Gasteiger partial charge on any atom is -0.308 e. The molecule has 0 saturated carbocycles. The Labute approximate surface area is 216 Å². The molecule has 2 aromatic heterocycles. The van der Waals surface area contributed by atoms with Gasteiger partial charge in [-0.05, 0) is 53.3 Å². The number of benzene rings is 3. The molecule has 0 bridgehead atoms. The van der Waals surface area contributed by atoms with Crippen molar-refractivity contribution in [3.63, 3.8) is 0 Å². The lowest BCUT2D eigenvalue weighted by molar-refractivity contribution is 0.262. The Morgan fingerprint density at radius 3 is 2.49 bits per heavy atom. The van der Waals surface area contributed by atoms with Gasteiger partial charge in [-0.1, -0.05) is 60.3 Å². The highest BCUT2D eigenvalue weighted by molar-refractivity contribution is 7.98. The van der Waals surface area contributed by atoms with Gasteiger partial charge in [0.25, 0.3) is 5.56 Å². The molecule has 0 fully saturated rings. The van der Waals surface area contributed by atoms with E-state index in [0.29, 0.717) is 33.0 Å². The number of aryl methyl sites for hydroxylation is 1. The number of nitrogens with zero attached hydrogens (tertiary/aromatic N) is 3. The van der Waals surface area contributed by atoms with E-state index in [4.69, 9.17) is 0 Å². The minimum atomic E-state index is -0.623. The Kier molecular flexibility index (Phi) is 6.70. The number of rotatable bonds is 5. The van der Waals surface area contributed by atoms with Crippen molar-refractivity contribution in [2.45, 2.75) is 5.16 Å². The summed E-state index contributed by atoms with van der Waals surface area (Å²) in [5.74, 6) is -0.623. The van der Waals surface area contributed by atoms with Crippen molar-refractivity contribution in [3.8, 4) is 22.3 Å². The first-order valence-corrected chi connectivity index (χ1v) is 12.6. The summed E-state index contributed by atoms with van der Waals surface area (Å²) in [6, 6.07) is 22.4. The second kappa shape index (κ2) is 10.2. The van der Waals surface area contributed by atoms with Gasteiger partial charge in [-0.15, -0.1) is 0 Å². The molecule has 0 unspecified atom stereocenters. The van der Waals surface area contributed by atoms with Crippen LogP contribution < -0.4 is 16.2 Å². The van der Waals surface area contributed by atoms with E-state index in [1.54, 1.807) is 25.4 Å². The summed E-state index contributed by atoms with van der Waals surface area (Å²) in [5.41, 5.74) is 3.47. The standard InChI is InChI=1S/C28H22FN5O2S/c1-34-25-20(16-30-28(33-25)37-2)14-22(26(34)35)19-11-12-23(29)24(15-19)32-27(36)31-21-10-6-9-18(13-21)17-7-4-3-5-8-17/h3-16H,1-2H3,(H2,31,32,36). The molecule has 0 aliphatic carbocycles. The molecule has 2 N–H and O–H groups in total. The molecule has 0 radical (unpaired) electrons. The number of amides is 2. The number of aromatic nitrogens is 3. The minimum absolute atomic E-state index is 0.0506. The Morgan fingerprint density at radius 1 is 0.919 bits per heavy atom. The quantitative estimate of drug-likeness (QED) is 0.218. The Hall–Kier alpha value is -4.50. The van der Waals surface area contributed by atoms with Crippen molar-refractivity contribution < 1.29 is 9.18 Å². The first-order chi connectivity index (χ1) is 17.9. The SMILES string of the molecule is CSc1ncc2cc(-c3ccc(F)c(NC(=O)Nc4cccc(-c5ccccc5)c4)c3)c(=O)n(C)c2n1. The highest BCUT2D eigenvalue weighted by atomic mass is 32.2. The van der Waals surface area contributed by atoms with Gasteiger partial charge in [-0.3, -0.25) is 9.36 Å². The van der Waals surface area contributed by atoms with Crippen LogP contribution in [0.4, 0.5) is 20.6 Å². The number of nitrogens with one attached hydrogen (secondary N) is 2. The largest absolute Gasteiger partial charge is 0.323 e. The number of hydrogen-bond donors (Lipinski definition) is 2. The van der Waals surface area contributed by atoms with Crippen LogP contribution in [-0.4, -0.2) is 26.8 Å². The van der Waals surface area contributed by atoms with E-state index in [-0.39, 0.29) is 11.2 Å². The number of carbonyl (C=O) groups is 1. The van der Waals surface area contributed by atoms with Gasteiger partial charge in [-0.25, -0.2) is 19.2 Å². The summed E-state index contributed by atoms with van der Waals surface area (Å²) in [7, 11) is 1.63. The number of urea groups is 1. The lowest BCUT2D eigenvalue weighted by atomic mass is 10.0. The van der Waals surface area contributed by atoms with Crippen LogP contribution in [0.3, 0.4) is 0 Å². The number of carbonyl (C=O) groups excluding carboxylic acids is 1. The average Bonchev–Trinajstić information content (AvgIpc) is 2.92. The number of halogens is 1. The van der Waals surface area contributed by atoms with Gasteiger partial charge in [0.2, 0.25) is 0 Å². The van der Waals surface area contributed by atoms with E-state index in [1.165, 1.54) is 34.5 Å². The Bertz CT molecular complexity index is 1690. The van der Waals surface area contributed by atoms with Crippen molar-refractivity contribution in [2.75, 3.05) is 16.9 Å². The summed E-state index contributed by atoms with van der Waals surface area (Å²) < 4.78 is 16.1. The van der Waals surface area contributed by atoms with E-state index in [2.05, 4.69) is 20.6 Å². The number of hydrogen-bond acceptors (Lipinski definition) is 5. The lowest BCUT2D eigenvalue weighted by Gasteiger charge is -2.12. The van der Waals surface area contributed by atoms with Crippen LogP contribution in [0.2, 0.25) is 0 Å². The van der Waals surface area contributed by atoms with E-state index in [1.807, 2.05) is 54.8 Å². The maximum absolute atomic E-state index is 14.6. The molecule has 184 valence electrons. The normalized spacial score (nSPS) is 10.9. The van der Waals surface area contributed by atoms with Crippen molar-refractivity contribution in [1.82, 2.24) is 14.5 Å². The van der Waals surface area contributed by atoms with Gasteiger partial charge in [0, 0.05) is 29.9 Å². The second-order valence-electron chi connectivity index (χ2n) is 8.28. The molecule has 2 amide bonds. The third kappa shape index (κ3) is 5.07. The fraction of sp³-hybridized carbons (Fsp3) is 0.0714. The van der Waals surface area contributed by atoms with Gasteiger partial charge >= 0.3 is 6.03 Å². The summed E-state index contributed by atoms with van der Waals surface area (Å²) in [6.45, 7) is 0. The monoisotopic (exact) mass is 511 g/mol. The Morgan fingerprint density at radius 2 is 1.70 bits per heavy atom. The van der Waals surface area contributed by atoms with Crippen molar-refractivity contribution in [1.29, 1.82) is 0 Å². The number of pyridine rings is 1. The summed E-state index contributed by atoms with van der Waals surface area (Å²) in [6.07, 6.45) is 3.51. The molecule has 0 aliphatic rings. The number of fused-ring (bicyclic) bond motifs is 1. The number of anilines is 2. The summed E-state index contributed by atoms with van der Waals surface area (Å²) in [5, 5.41) is 6.52. The zero-order valence-electron chi connectivity index (χ0n) is 20.0. The van der Waals surface area contributed by atoms with E-state index < -0.39 is 11.8 Å². The second-order valence-corrected chi connectivity index (χ2v) is 9.05. The predicted molar refractivity (Wildman–Crippen MR) is 146 cm³/mol. The molecule has 7 nitrogen and oxygen atoms in total. The topological polar surface area (TPSA) is 88.9 Å². The van der Waals surface area contributed by atoms with Gasteiger partial charge < -0.3 is 10.6 Å². The van der Waals surface area contributed by atoms with E-state index in [9.17, 15) is 14.0 Å². The fourth-order valence-electron chi connectivity index (χ4n) is 4.02. The van der Waals surface area contributed by atoms with Crippen molar-refractivity contribution in [2.24, 2.45) is 7.05 Å². The zero-order chi connectivity index (χ0) is 25.9. The smallest absolute Gasteiger partial charge is 0.308 e. The average molecular weight is 512 g/mol. The van der Waals surface area contributed by atoms with Gasteiger partial charge in [-0.2, -0.15) is 0 Å².